The lowest BCUT2D eigenvalue weighted by Gasteiger charge is -2.28. The maximum Gasteiger partial charge on any atom is 0.347 e. The van der Waals surface area contributed by atoms with Crippen LogP contribution in [0.4, 0.5) is 0 Å². The lowest BCUT2D eigenvalue weighted by molar-refractivity contribution is -0.158. The molecule has 1 heterocycles. The Balaban J connectivity index is 1.52. The topological polar surface area (TPSA) is 114 Å². The molecule has 1 aliphatic heterocycles. The average Bonchev–Trinajstić information content (AvgIpc) is 3.43. The summed E-state index contributed by atoms with van der Waals surface area (Å²) in [7, 11) is -3.11. The van der Waals surface area contributed by atoms with Crippen LogP contribution in [0.2, 0.25) is 0 Å². The molecular formula is C19H22N2O6S. The van der Waals surface area contributed by atoms with E-state index in [2.05, 4.69) is 0 Å². The van der Waals surface area contributed by atoms with Gasteiger partial charge >= 0.3 is 5.97 Å². The molecule has 2 fully saturated rings. The van der Waals surface area contributed by atoms with Crippen LogP contribution in [0.15, 0.2) is 24.3 Å². The number of ether oxygens (including phenoxy) is 2. The van der Waals surface area contributed by atoms with Crippen LogP contribution in [0.1, 0.15) is 31.7 Å². The van der Waals surface area contributed by atoms with E-state index in [4.69, 9.17) is 14.7 Å². The fraction of sp³-hybridized carbons (Fsp3) is 0.526. The second-order valence-electron chi connectivity index (χ2n) is 7.09. The molecule has 1 amide bonds. The van der Waals surface area contributed by atoms with E-state index in [1.54, 1.807) is 29.2 Å². The summed E-state index contributed by atoms with van der Waals surface area (Å²) in [4.78, 5) is 26.3. The van der Waals surface area contributed by atoms with Crippen molar-refractivity contribution in [1.82, 2.24) is 4.90 Å². The fourth-order valence-corrected chi connectivity index (χ4v) is 4.95. The van der Waals surface area contributed by atoms with Gasteiger partial charge in [-0.3, -0.25) is 4.79 Å². The molecule has 9 heteroatoms. The van der Waals surface area contributed by atoms with Gasteiger partial charge in [0.2, 0.25) is 0 Å². The summed E-state index contributed by atoms with van der Waals surface area (Å²) < 4.78 is 34.0. The van der Waals surface area contributed by atoms with Crippen LogP contribution in [-0.2, 0) is 24.2 Å². The highest BCUT2D eigenvalue weighted by Crippen LogP contribution is 2.32. The summed E-state index contributed by atoms with van der Waals surface area (Å²) >= 11 is 0. The number of nitrogens with zero attached hydrogens (tertiary/aromatic N) is 2. The van der Waals surface area contributed by atoms with E-state index in [-0.39, 0.29) is 29.5 Å². The van der Waals surface area contributed by atoms with Gasteiger partial charge in [-0.15, -0.1) is 0 Å². The Bertz CT molecular complexity index is 886. The number of hydrogen-bond acceptors (Lipinski definition) is 7. The van der Waals surface area contributed by atoms with Crippen LogP contribution in [-0.4, -0.2) is 61.5 Å². The van der Waals surface area contributed by atoms with Crippen molar-refractivity contribution < 1.29 is 27.5 Å². The molecule has 150 valence electrons. The Morgan fingerprint density at radius 2 is 1.89 bits per heavy atom. The Hall–Kier alpha value is -2.60. The fourth-order valence-electron chi connectivity index (χ4n) is 3.24. The quantitative estimate of drug-likeness (QED) is 0.622. The first kappa shape index (κ1) is 20.1. The highest BCUT2D eigenvalue weighted by molar-refractivity contribution is 7.91. The number of amides is 1. The Kier molecular flexibility index (Phi) is 5.89. The standard InChI is InChI=1S/C19H22N2O6S/c1-13(27-17-6-2-14(10-20)3-7-17)19(23)26-11-18(22)21(15-4-5-15)16-8-9-28(24,25)12-16/h2-3,6-7,13,15-16H,4-5,8-9,11-12H2,1H3/t13-,16-/m1/s1. The van der Waals surface area contributed by atoms with Crippen molar-refractivity contribution in [1.29, 1.82) is 5.26 Å². The molecule has 0 spiro atoms. The summed E-state index contributed by atoms with van der Waals surface area (Å²) in [6.07, 6.45) is 1.18. The molecule has 3 rings (SSSR count). The number of hydrogen-bond donors (Lipinski definition) is 0. The van der Waals surface area contributed by atoms with Crippen LogP contribution < -0.4 is 4.74 Å². The summed E-state index contributed by atoms with van der Waals surface area (Å²) in [5, 5.41) is 8.78. The van der Waals surface area contributed by atoms with Gasteiger partial charge in [-0.05, 0) is 50.5 Å². The van der Waals surface area contributed by atoms with E-state index in [9.17, 15) is 18.0 Å². The zero-order valence-electron chi connectivity index (χ0n) is 15.5. The van der Waals surface area contributed by atoms with Crippen molar-refractivity contribution in [2.45, 2.75) is 44.4 Å². The van der Waals surface area contributed by atoms with Crippen LogP contribution >= 0.6 is 0 Å². The smallest absolute Gasteiger partial charge is 0.347 e. The van der Waals surface area contributed by atoms with E-state index in [1.807, 2.05) is 6.07 Å². The van der Waals surface area contributed by atoms with Crippen molar-refractivity contribution in [3.05, 3.63) is 29.8 Å². The molecule has 2 aliphatic rings. The molecule has 0 N–H and O–H groups in total. The average molecular weight is 406 g/mol. The first-order valence-corrected chi connectivity index (χ1v) is 11.0. The van der Waals surface area contributed by atoms with Gasteiger partial charge in [0.25, 0.3) is 5.91 Å². The van der Waals surface area contributed by atoms with Gasteiger partial charge in [-0.25, -0.2) is 13.2 Å². The third kappa shape index (κ3) is 5.01. The summed E-state index contributed by atoms with van der Waals surface area (Å²) in [6.45, 7) is 1.07. The second-order valence-corrected chi connectivity index (χ2v) is 9.32. The van der Waals surface area contributed by atoms with Gasteiger partial charge < -0.3 is 14.4 Å². The van der Waals surface area contributed by atoms with Crippen molar-refractivity contribution in [2.75, 3.05) is 18.1 Å². The van der Waals surface area contributed by atoms with Crippen molar-refractivity contribution >= 4 is 21.7 Å². The minimum Gasteiger partial charge on any atom is -0.479 e. The van der Waals surface area contributed by atoms with Crippen molar-refractivity contribution in [2.24, 2.45) is 0 Å². The maximum atomic E-state index is 12.6. The van der Waals surface area contributed by atoms with E-state index in [0.29, 0.717) is 17.7 Å². The number of esters is 1. The molecular weight excluding hydrogens is 384 g/mol. The van der Waals surface area contributed by atoms with Gasteiger partial charge in [0.1, 0.15) is 5.75 Å². The van der Waals surface area contributed by atoms with Crippen LogP contribution in [0.3, 0.4) is 0 Å². The Labute approximate surface area is 163 Å². The Morgan fingerprint density at radius 3 is 2.43 bits per heavy atom. The molecule has 0 unspecified atom stereocenters. The normalized spacial score (nSPS) is 21.4. The van der Waals surface area contributed by atoms with Crippen molar-refractivity contribution in [3.8, 4) is 11.8 Å². The molecule has 1 saturated carbocycles. The van der Waals surface area contributed by atoms with Gasteiger partial charge in [-0.2, -0.15) is 5.26 Å². The van der Waals surface area contributed by atoms with Crippen LogP contribution in [0.25, 0.3) is 0 Å². The molecule has 1 aromatic carbocycles. The zero-order valence-corrected chi connectivity index (χ0v) is 16.4. The Morgan fingerprint density at radius 1 is 1.21 bits per heavy atom. The van der Waals surface area contributed by atoms with E-state index >= 15 is 0 Å². The molecule has 1 saturated heterocycles. The zero-order chi connectivity index (χ0) is 20.3. The minimum atomic E-state index is -3.11. The third-order valence-electron chi connectivity index (χ3n) is 4.80. The highest BCUT2D eigenvalue weighted by atomic mass is 32.2. The van der Waals surface area contributed by atoms with E-state index in [1.165, 1.54) is 6.92 Å². The lowest BCUT2D eigenvalue weighted by Crippen LogP contribution is -2.45. The number of benzene rings is 1. The molecule has 2 atom stereocenters. The number of sulfone groups is 1. The number of rotatable bonds is 7. The van der Waals surface area contributed by atoms with Crippen molar-refractivity contribution in [3.63, 3.8) is 0 Å². The monoisotopic (exact) mass is 406 g/mol. The first-order valence-electron chi connectivity index (χ1n) is 9.14. The van der Waals surface area contributed by atoms with E-state index < -0.39 is 28.5 Å². The summed E-state index contributed by atoms with van der Waals surface area (Å²) in [5.74, 6) is -0.591. The second kappa shape index (κ2) is 8.19. The molecule has 1 aromatic rings. The predicted molar refractivity (Wildman–Crippen MR) is 99.1 cm³/mol. The molecule has 0 bridgehead atoms. The summed E-state index contributed by atoms with van der Waals surface area (Å²) in [6, 6.07) is 7.97. The van der Waals surface area contributed by atoms with Crippen LogP contribution in [0.5, 0.6) is 5.75 Å². The third-order valence-corrected chi connectivity index (χ3v) is 6.55. The molecule has 1 aliphatic carbocycles. The largest absolute Gasteiger partial charge is 0.479 e. The van der Waals surface area contributed by atoms with Gasteiger partial charge in [-0.1, -0.05) is 0 Å². The van der Waals surface area contributed by atoms with E-state index in [0.717, 1.165) is 12.8 Å². The number of nitriles is 1. The highest BCUT2D eigenvalue weighted by Gasteiger charge is 2.42. The van der Waals surface area contributed by atoms with Gasteiger partial charge in [0.05, 0.1) is 23.1 Å². The summed E-state index contributed by atoms with van der Waals surface area (Å²) in [5.41, 5.74) is 0.474. The molecule has 28 heavy (non-hydrogen) atoms. The molecule has 8 nitrogen and oxygen atoms in total. The SMILES string of the molecule is C[C@@H](Oc1ccc(C#N)cc1)C(=O)OCC(=O)N(C1CC1)[C@@H]1CCS(=O)(=O)C1. The maximum absolute atomic E-state index is 12.6. The van der Waals surface area contributed by atoms with Gasteiger partial charge in [0, 0.05) is 12.1 Å². The molecule has 0 aromatic heterocycles. The van der Waals surface area contributed by atoms with Crippen LogP contribution in [0, 0.1) is 11.3 Å². The molecule has 0 radical (unpaired) electrons. The van der Waals surface area contributed by atoms with Gasteiger partial charge in [0.15, 0.2) is 22.5 Å². The number of carbonyl (C=O) groups is 2. The minimum absolute atomic E-state index is 0.0264. The first-order chi connectivity index (χ1) is 13.3. The predicted octanol–water partition coefficient (Wildman–Crippen LogP) is 1.05. The number of carbonyl (C=O) groups excluding carboxylic acids is 2. The lowest BCUT2D eigenvalue weighted by atomic mass is 10.2.